The topological polar surface area (TPSA) is 51.2 Å². The summed E-state index contributed by atoms with van der Waals surface area (Å²) in [6.45, 7) is 0.621. The summed E-state index contributed by atoms with van der Waals surface area (Å²) in [5.74, 6) is 0.928. The zero-order valence-electron chi connectivity index (χ0n) is 11.5. The Labute approximate surface area is 122 Å². The number of hydrogen-bond acceptors (Lipinski definition) is 4. The van der Waals surface area contributed by atoms with Gasteiger partial charge in [-0.05, 0) is 24.5 Å². The summed E-state index contributed by atoms with van der Waals surface area (Å²) in [7, 11) is 1.66. The molecule has 0 aliphatic heterocycles. The minimum absolute atomic E-state index is 0.0629. The van der Waals surface area contributed by atoms with E-state index in [-0.39, 0.29) is 5.91 Å². The summed E-state index contributed by atoms with van der Waals surface area (Å²) < 4.78 is 5.28. The Morgan fingerprint density at radius 3 is 2.95 bits per heavy atom. The van der Waals surface area contributed by atoms with Crippen LogP contribution in [0.4, 0.5) is 0 Å². The molecule has 20 heavy (non-hydrogen) atoms. The molecular formula is C15H18N2O2S. The molecule has 5 heteroatoms. The van der Waals surface area contributed by atoms with Gasteiger partial charge in [0, 0.05) is 18.3 Å². The van der Waals surface area contributed by atoms with Crippen molar-refractivity contribution < 1.29 is 9.53 Å². The Kier molecular flexibility index (Phi) is 5.55. The van der Waals surface area contributed by atoms with Crippen molar-refractivity contribution in [3.05, 3.63) is 46.4 Å². The normalized spacial score (nSPS) is 10.2. The maximum absolute atomic E-state index is 11.7. The second kappa shape index (κ2) is 7.65. The number of benzene rings is 1. The number of nitrogens with zero attached hydrogens (tertiary/aromatic N) is 1. The average Bonchev–Trinajstić information content (AvgIpc) is 2.99. The third-order valence-corrected chi connectivity index (χ3v) is 3.64. The Balaban J connectivity index is 1.71. The first-order valence-corrected chi connectivity index (χ1v) is 7.49. The number of ether oxygens (including phenoxy) is 1. The smallest absolute Gasteiger partial charge is 0.220 e. The molecule has 1 N–H and O–H groups in total. The first-order valence-electron chi connectivity index (χ1n) is 6.55. The number of nitrogens with one attached hydrogen (secondary N) is 1. The van der Waals surface area contributed by atoms with Crippen LogP contribution in [0.3, 0.4) is 0 Å². The fraction of sp³-hybridized carbons (Fsp3) is 0.333. The highest BCUT2D eigenvalue weighted by atomic mass is 32.1. The number of aryl methyl sites for hydroxylation is 1. The fourth-order valence-electron chi connectivity index (χ4n) is 1.94. The Hall–Kier alpha value is -1.88. The zero-order valence-corrected chi connectivity index (χ0v) is 12.3. The molecule has 4 nitrogen and oxygen atoms in total. The Bertz CT molecular complexity index is 541. The van der Waals surface area contributed by atoms with Gasteiger partial charge in [-0.2, -0.15) is 0 Å². The van der Waals surface area contributed by atoms with Gasteiger partial charge in [-0.1, -0.05) is 18.2 Å². The largest absolute Gasteiger partial charge is 0.496 e. The number of carbonyl (C=O) groups is 1. The van der Waals surface area contributed by atoms with Crippen molar-refractivity contribution in [2.75, 3.05) is 13.7 Å². The molecule has 2 aromatic rings. The van der Waals surface area contributed by atoms with Gasteiger partial charge in [0.2, 0.25) is 5.91 Å². The van der Waals surface area contributed by atoms with Crippen LogP contribution in [0.15, 0.2) is 35.2 Å². The molecule has 0 aliphatic rings. The van der Waals surface area contributed by atoms with Crippen molar-refractivity contribution in [1.82, 2.24) is 10.3 Å². The Morgan fingerprint density at radius 1 is 1.35 bits per heavy atom. The number of hydrogen-bond donors (Lipinski definition) is 1. The van der Waals surface area contributed by atoms with Crippen molar-refractivity contribution in [1.29, 1.82) is 0 Å². The average molecular weight is 290 g/mol. The molecule has 1 aromatic heterocycles. The highest BCUT2D eigenvalue weighted by Crippen LogP contribution is 2.17. The SMILES string of the molecule is COc1ccccc1CCNC(=O)CCc1cscn1. The minimum Gasteiger partial charge on any atom is -0.496 e. The van der Waals surface area contributed by atoms with Gasteiger partial charge in [-0.3, -0.25) is 4.79 Å². The van der Waals surface area contributed by atoms with Crippen molar-refractivity contribution in [2.45, 2.75) is 19.3 Å². The number of amides is 1. The zero-order chi connectivity index (χ0) is 14.2. The molecular weight excluding hydrogens is 272 g/mol. The molecule has 1 aromatic carbocycles. The number of thiazole rings is 1. The summed E-state index contributed by atoms with van der Waals surface area (Å²) in [4.78, 5) is 15.9. The quantitative estimate of drug-likeness (QED) is 0.852. The first kappa shape index (κ1) is 14.5. The van der Waals surface area contributed by atoms with Crippen molar-refractivity contribution in [3.63, 3.8) is 0 Å². The monoisotopic (exact) mass is 290 g/mol. The van der Waals surface area contributed by atoms with Crippen LogP contribution in [0.25, 0.3) is 0 Å². The first-order chi connectivity index (χ1) is 9.79. The minimum atomic E-state index is 0.0629. The lowest BCUT2D eigenvalue weighted by molar-refractivity contribution is -0.121. The molecule has 0 radical (unpaired) electrons. The van der Waals surface area contributed by atoms with Crippen LogP contribution < -0.4 is 10.1 Å². The van der Waals surface area contributed by atoms with Gasteiger partial charge in [0.15, 0.2) is 0 Å². The van der Waals surface area contributed by atoms with E-state index >= 15 is 0 Å². The number of methoxy groups -OCH3 is 1. The van der Waals surface area contributed by atoms with Crippen LogP contribution in [-0.4, -0.2) is 24.5 Å². The molecule has 0 saturated heterocycles. The van der Waals surface area contributed by atoms with Crippen LogP contribution >= 0.6 is 11.3 Å². The van der Waals surface area contributed by atoms with Crippen molar-refractivity contribution in [3.8, 4) is 5.75 Å². The second-order valence-corrected chi connectivity index (χ2v) is 5.11. The molecule has 0 fully saturated rings. The van der Waals surface area contributed by atoms with E-state index in [9.17, 15) is 4.79 Å². The van der Waals surface area contributed by atoms with E-state index in [1.54, 1.807) is 24.0 Å². The molecule has 0 atom stereocenters. The van der Waals surface area contributed by atoms with Crippen molar-refractivity contribution >= 4 is 17.2 Å². The van der Waals surface area contributed by atoms with Crippen LogP contribution in [0.1, 0.15) is 17.7 Å². The molecule has 2 rings (SSSR count). The molecule has 0 unspecified atom stereocenters. The van der Waals surface area contributed by atoms with Gasteiger partial charge in [0.1, 0.15) is 5.75 Å². The van der Waals surface area contributed by atoms with E-state index < -0.39 is 0 Å². The number of rotatable bonds is 7. The van der Waals surface area contributed by atoms with Crippen LogP contribution in [0.2, 0.25) is 0 Å². The lowest BCUT2D eigenvalue weighted by atomic mass is 10.1. The van der Waals surface area contributed by atoms with Crippen LogP contribution in [-0.2, 0) is 17.6 Å². The summed E-state index contributed by atoms with van der Waals surface area (Å²) in [5, 5.41) is 4.90. The summed E-state index contributed by atoms with van der Waals surface area (Å²) >= 11 is 1.55. The highest BCUT2D eigenvalue weighted by Gasteiger charge is 2.05. The van der Waals surface area contributed by atoms with E-state index in [2.05, 4.69) is 10.3 Å². The second-order valence-electron chi connectivity index (χ2n) is 4.39. The number of aromatic nitrogens is 1. The molecule has 106 valence electrons. The summed E-state index contributed by atoms with van der Waals surface area (Å²) in [5.41, 5.74) is 3.87. The van der Waals surface area contributed by atoms with Gasteiger partial charge in [-0.15, -0.1) is 11.3 Å². The number of carbonyl (C=O) groups excluding carboxylic acids is 1. The maximum Gasteiger partial charge on any atom is 0.220 e. The van der Waals surface area contributed by atoms with Crippen LogP contribution in [0, 0.1) is 0 Å². The molecule has 1 amide bonds. The summed E-state index contributed by atoms with van der Waals surface area (Å²) in [6, 6.07) is 7.86. The van der Waals surface area contributed by atoms with Crippen LogP contribution in [0.5, 0.6) is 5.75 Å². The molecule has 0 bridgehead atoms. The van der Waals surface area contributed by atoms with E-state index in [0.717, 1.165) is 23.4 Å². The number of para-hydroxylation sites is 1. The molecule has 0 spiro atoms. The van der Waals surface area contributed by atoms with E-state index in [4.69, 9.17) is 4.74 Å². The molecule has 1 heterocycles. The maximum atomic E-state index is 11.7. The third kappa shape index (κ3) is 4.35. The van der Waals surface area contributed by atoms with Gasteiger partial charge in [-0.25, -0.2) is 4.98 Å². The predicted molar refractivity (Wildman–Crippen MR) is 80.1 cm³/mol. The van der Waals surface area contributed by atoms with E-state index in [1.165, 1.54) is 0 Å². The predicted octanol–water partition coefficient (Wildman–Crippen LogP) is 2.44. The fourth-order valence-corrected chi connectivity index (χ4v) is 2.53. The molecule has 0 aliphatic carbocycles. The van der Waals surface area contributed by atoms with E-state index in [1.807, 2.05) is 29.6 Å². The van der Waals surface area contributed by atoms with Gasteiger partial charge in [0.05, 0.1) is 18.3 Å². The highest BCUT2D eigenvalue weighted by molar-refractivity contribution is 7.07. The standard InChI is InChI=1S/C15H18N2O2S/c1-19-14-5-3-2-4-12(14)8-9-16-15(18)7-6-13-10-20-11-17-13/h2-5,10-11H,6-9H2,1H3,(H,16,18). The Morgan fingerprint density at radius 2 is 2.20 bits per heavy atom. The van der Waals surface area contributed by atoms with Gasteiger partial charge in [0.25, 0.3) is 0 Å². The van der Waals surface area contributed by atoms with Crippen molar-refractivity contribution in [2.24, 2.45) is 0 Å². The van der Waals surface area contributed by atoms with Gasteiger partial charge >= 0.3 is 0 Å². The lowest BCUT2D eigenvalue weighted by Crippen LogP contribution is -2.26. The van der Waals surface area contributed by atoms with Gasteiger partial charge < -0.3 is 10.1 Å². The van der Waals surface area contributed by atoms with E-state index in [0.29, 0.717) is 19.4 Å². The summed E-state index contributed by atoms with van der Waals surface area (Å²) in [6.07, 6.45) is 1.95. The molecule has 0 saturated carbocycles. The lowest BCUT2D eigenvalue weighted by Gasteiger charge is -2.08. The third-order valence-electron chi connectivity index (χ3n) is 3.00.